The van der Waals surface area contributed by atoms with Crippen LogP contribution in [-0.2, 0) is 6.42 Å². The van der Waals surface area contributed by atoms with E-state index in [9.17, 15) is 0 Å². The topological polar surface area (TPSA) is 27.8 Å². The predicted octanol–water partition coefficient (Wildman–Crippen LogP) is 7.78. The van der Waals surface area contributed by atoms with Gasteiger partial charge in [0.15, 0.2) is 0 Å². The zero-order chi connectivity index (χ0) is 20.8. The molecule has 2 heterocycles. The molecule has 0 fully saturated rings. The average Bonchev–Trinajstić information content (AvgIpc) is 3.41. The van der Waals surface area contributed by atoms with Gasteiger partial charge in [0.1, 0.15) is 0 Å². The molecule has 2 nitrogen and oxygen atoms in total. The third-order valence-corrected chi connectivity index (χ3v) is 7.71. The summed E-state index contributed by atoms with van der Waals surface area (Å²) in [5, 5.41) is 8.94. The summed E-state index contributed by atoms with van der Waals surface area (Å²) in [6.07, 6.45) is 3.56. The summed E-state index contributed by atoms with van der Waals surface area (Å²) in [5.74, 6) is 0. The molecule has 1 aliphatic rings. The third kappa shape index (κ3) is 3.29. The number of nitrogens with one attached hydrogen (secondary N) is 2. The van der Waals surface area contributed by atoms with E-state index in [1.54, 1.807) is 0 Å². The molecule has 0 radical (unpaired) electrons. The number of fused-ring (bicyclic) bond motifs is 4. The first-order valence-corrected chi connectivity index (χ1v) is 12.1. The van der Waals surface area contributed by atoms with Gasteiger partial charge in [-0.1, -0.05) is 54.6 Å². The van der Waals surface area contributed by atoms with Crippen LogP contribution in [0, 0.1) is 0 Å². The minimum atomic E-state index is 0.330. The smallest absolute Gasteiger partial charge is 0.0480 e. The molecule has 5 aromatic rings. The lowest BCUT2D eigenvalue weighted by Gasteiger charge is -2.27. The van der Waals surface area contributed by atoms with Crippen LogP contribution in [0.1, 0.15) is 48.7 Å². The summed E-state index contributed by atoms with van der Waals surface area (Å²) in [4.78, 5) is 3.77. The number of benzene rings is 3. The van der Waals surface area contributed by atoms with Crippen molar-refractivity contribution >= 4 is 32.3 Å². The van der Waals surface area contributed by atoms with Gasteiger partial charge < -0.3 is 10.3 Å². The van der Waals surface area contributed by atoms with Gasteiger partial charge in [0.25, 0.3) is 0 Å². The molecule has 2 aromatic heterocycles. The lowest BCUT2D eigenvalue weighted by Crippen LogP contribution is -2.27. The van der Waals surface area contributed by atoms with E-state index in [0.29, 0.717) is 12.1 Å². The van der Waals surface area contributed by atoms with E-state index in [-0.39, 0.29) is 0 Å². The monoisotopic (exact) mass is 422 g/mol. The number of thiophene rings is 1. The first-order chi connectivity index (χ1) is 15.3. The van der Waals surface area contributed by atoms with E-state index in [2.05, 4.69) is 95.4 Å². The standard InChI is InChI=1S/C28H26N2S/c1-18(19-8-3-2-4-9-19)29-26-12-7-11-22-23-16-20(14-15-25(23)30-28(22)26)24-17-31-27-13-6-5-10-21(24)27/h2-6,8-10,13-18,26,29-30H,7,11-12H2,1H3/t18-,26?/m1/s1. The van der Waals surface area contributed by atoms with Crippen molar-refractivity contribution in [2.45, 2.75) is 38.3 Å². The molecule has 0 bridgehead atoms. The first kappa shape index (κ1) is 18.9. The number of hydrogen-bond donors (Lipinski definition) is 2. The molecule has 6 rings (SSSR count). The van der Waals surface area contributed by atoms with Crippen LogP contribution in [0.15, 0.2) is 78.2 Å². The number of aromatic nitrogens is 1. The Labute approximate surface area is 186 Å². The van der Waals surface area contributed by atoms with Crippen molar-refractivity contribution in [1.82, 2.24) is 10.3 Å². The van der Waals surface area contributed by atoms with E-state index in [1.807, 2.05) is 11.3 Å². The van der Waals surface area contributed by atoms with Crippen LogP contribution < -0.4 is 5.32 Å². The number of hydrogen-bond acceptors (Lipinski definition) is 2. The molecule has 154 valence electrons. The average molecular weight is 423 g/mol. The Hall–Kier alpha value is -2.88. The van der Waals surface area contributed by atoms with Gasteiger partial charge in [-0.05, 0) is 66.5 Å². The molecule has 0 amide bonds. The Bertz CT molecular complexity index is 1360. The predicted molar refractivity (Wildman–Crippen MR) is 133 cm³/mol. The SMILES string of the molecule is C[C@@H](NC1CCCc2c1[nH]c1ccc(-c3csc4ccccc34)cc21)c1ccccc1. The Morgan fingerprint density at radius 3 is 2.71 bits per heavy atom. The molecule has 2 atom stereocenters. The van der Waals surface area contributed by atoms with Gasteiger partial charge in [0.05, 0.1) is 0 Å². The molecule has 2 N–H and O–H groups in total. The maximum Gasteiger partial charge on any atom is 0.0480 e. The molecule has 3 aromatic carbocycles. The van der Waals surface area contributed by atoms with Crippen molar-refractivity contribution in [2.24, 2.45) is 0 Å². The highest BCUT2D eigenvalue weighted by Gasteiger charge is 2.26. The fourth-order valence-electron chi connectivity index (χ4n) is 5.14. The van der Waals surface area contributed by atoms with Crippen molar-refractivity contribution < 1.29 is 0 Å². The second kappa shape index (κ2) is 7.67. The van der Waals surface area contributed by atoms with Crippen molar-refractivity contribution in [3.05, 3.63) is 95.0 Å². The Morgan fingerprint density at radius 1 is 0.968 bits per heavy atom. The van der Waals surface area contributed by atoms with Gasteiger partial charge in [-0.2, -0.15) is 0 Å². The first-order valence-electron chi connectivity index (χ1n) is 11.2. The molecule has 0 saturated heterocycles. The molecule has 0 spiro atoms. The fraction of sp³-hybridized carbons (Fsp3) is 0.214. The molecule has 31 heavy (non-hydrogen) atoms. The molecule has 0 aliphatic heterocycles. The van der Waals surface area contributed by atoms with Gasteiger partial charge in [-0.25, -0.2) is 0 Å². The lowest BCUT2D eigenvalue weighted by molar-refractivity contribution is 0.410. The maximum absolute atomic E-state index is 3.89. The van der Waals surface area contributed by atoms with Crippen LogP contribution in [0.4, 0.5) is 0 Å². The van der Waals surface area contributed by atoms with Crippen molar-refractivity contribution in [3.63, 3.8) is 0 Å². The van der Waals surface area contributed by atoms with Crippen LogP contribution in [0.25, 0.3) is 32.1 Å². The van der Waals surface area contributed by atoms with Crippen LogP contribution in [-0.4, -0.2) is 4.98 Å². The molecule has 1 aliphatic carbocycles. The number of aromatic amines is 1. The van der Waals surface area contributed by atoms with Gasteiger partial charge in [0.2, 0.25) is 0 Å². The summed E-state index contributed by atoms with van der Waals surface area (Å²) >= 11 is 1.83. The molecule has 3 heteroatoms. The molecular formula is C28H26N2S. The van der Waals surface area contributed by atoms with E-state index in [1.165, 1.54) is 61.8 Å². The normalized spacial score (nSPS) is 17.1. The summed E-state index contributed by atoms with van der Waals surface area (Å²) in [7, 11) is 0. The minimum absolute atomic E-state index is 0.330. The summed E-state index contributed by atoms with van der Waals surface area (Å²) in [5.41, 5.74) is 8.16. The van der Waals surface area contributed by atoms with E-state index in [4.69, 9.17) is 0 Å². The number of rotatable bonds is 4. The Kier molecular flexibility index (Phi) is 4.66. The molecule has 1 unspecified atom stereocenters. The van der Waals surface area contributed by atoms with E-state index < -0.39 is 0 Å². The Balaban J connectivity index is 1.38. The highest BCUT2D eigenvalue weighted by atomic mass is 32.1. The van der Waals surface area contributed by atoms with Crippen molar-refractivity contribution in [1.29, 1.82) is 0 Å². The van der Waals surface area contributed by atoms with Crippen molar-refractivity contribution in [2.75, 3.05) is 0 Å². The summed E-state index contributed by atoms with van der Waals surface area (Å²) in [6.45, 7) is 2.27. The van der Waals surface area contributed by atoms with Gasteiger partial charge in [0, 0.05) is 44.3 Å². The minimum Gasteiger partial charge on any atom is -0.357 e. The summed E-state index contributed by atoms with van der Waals surface area (Å²) < 4.78 is 1.35. The van der Waals surface area contributed by atoms with Crippen LogP contribution >= 0.6 is 11.3 Å². The van der Waals surface area contributed by atoms with E-state index >= 15 is 0 Å². The van der Waals surface area contributed by atoms with E-state index in [0.717, 1.165) is 6.42 Å². The molecule has 0 saturated carbocycles. The number of aryl methyl sites for hydroxylation is 1. The maximum atomic E-state index is 3.89. The highest BCUT2D eigenvalue weighted by molar-refractivity contribution is 7.17. The second-order valence-electron chi connectivity index (χ2n) is 8.67. The van der Waals surface area contributed by atoms with Crippen molar-refractivity contribution in [3.8, 4) is 11.1 Å². The summed E-state index contributed by atoms with van der Waals surface area (Å²) in [6, 6.07) is 27.1. The largest absolute Gasteiger partial charge is 0.357 e. The van der Waals surface area contributed by atoms with Crippen LogP contribution in [0.3, 0.4) is 0 Å². The van der Waals surface area contributed by atoms with Crippen LogP contribution in [0.5, 0.6) is 0 Å². The van der Waals surface area contributed by atoms with Gasteiger partial charge in [-0.3, -0.25) is 0 Å². The molecular weight excluding hydrogens is 396 g/mol. The second-order valence-corrected chi connectivity index (χ2v) is 9.58. The van der Waals surface area contributed by atoms with Gasteiger partial charge in [-0.15, -0.1) is 11.3 Å². The fourth-order valence-corrected chi connectivity index (χ4v) is 6.11. The third-order valence-electron chi connectivity index (χ3n) is 6.75. The quantitative estimate of drug-likeness (QED) is 0.304. The Morgan fingerprint density at radius 2 is 1.81 bits per heavy atom. The van der Waals surface area contributed by atoms with Gasteiger partial charge >= 0.3 is 0 Å². The van der Waals surface area contributed by atoms with Crippen LogP contribution in [0.2, 0.25) is 0 Å². The highest BCUT2D eigenvalue weighted by Crippen LogP contribution is 2.39. The lowest BCUT2D eigenvalue weighted by atomic mass is 9.90. The zero-order valence-corrected chi connectivity index (χ0v) is 18.5. The zero-order valence-electron chi connectivity index (χ0n) is 17.7. The number of H-pyrrole nitrogens is 1.